The highest BCUT2D eigenvalue weighted by atomic mass is 31.2. The Hall–Kier alpha value is -0.660. The molecule has 9 heteroatoms. The third-order valence-corrected chi connectivity index (χ3v) is 4.27. The van der Waals surface area contributed by atoms with Gasteiger partial charge in [0.2, 0.25) is 0 Å². The van der Waals surface area contributed by atoms with Gasteiger partial charge in [-0.2, -0.15) is 0 Å². The van der Waals surface area contributed by atoms with E-state index in [1.165, 1.54) is 7.05 Å². The van der Waals surface area contributed by atoms with Crippen molar-refractivity contribution in [3.05, 3.63) is 0 Å². The van der Waals surface area contributed by atoms with Crippen molar-refractivity contribution in [1.29, 1.82) is 0 Å². The van der Waals surface area contributed by atoms with Crippen LogP contribution >= 0.6 is 7.60 Å². The van der Waals surface area contributed by atoms with Gasteiger partial charge in [0.05, 0.1) is 33.8 Å². The van der Waals surface area contributed by atoms with Crippen LogP contribution in [-0.2, 0) is 13.8 Å². The fraction of sp³-hybridized carbons (Fsp3) is 0.923. The third kappa shape index (κ3) is 11.9. The van der Waals surface area contributed by atoms with Gasteiger partial charge in [0, 0.05) is 19.8 Å². The summed E-state index contributed by atoms with van der Waals surface area (Å²) in [6.45, 7) is 3.36. The van der Waals surface area contributed by atoms with Crippen molar-refractivity contribution in [2.24, 2.45) is 0 Å². The van der Waals surface area contributed by atoms with Gasteiger partial charge >= 0.3 is 6.03 Å². The average molecular weight is 339 g/mol. The molecule has 0 radical (unpaired) electrons. The zero-order valence-corrected chi connectivity index (χ0v) is 15.2. The van der Waals surface area contributed by atoms with Crippen LogP contribution in [0.5, 0.6) is 0 Å². The molecule has 8 nitrogen and oxygen atoms in total. The molecule has 0 rings (SSSR count). The van der Waals surface area contributed by atoms with E-state index in [-0.39, 0.29) is 37.9 Å². The first-order valence-electron chi connectivity index (χ1n) is 7.40. The number of carbonyl (C=O) groups is 1. The lowest BCUT2D eigenvalue weighted by atomic mass is 10.2. The van der Waals surface area contributed by atoms with Crippen LogP contribution in [0.4, 0.5) is 4.79 Å². The lowest BCUT2D eigenvalue weighted by molar-refractivity contribution is -0.870. The molecule has 2 atom stereocenters. The highest BCUT2D eigenvalue weighted by Crippen LogP contribution is 2.37. The summed E-state index contributed by atoms with van der Waals surface area (Å²) < 4.78 is 22.8. The maximum atomic E-state index is 11.9. The molecule has 0 aliphatic heterocycles. The van der Waals surface area contributed by atoms with Gasteiger partial charge in [-0.05, 0) is 13.3 Å². The minimum absolute atomic E-state index is 0.133. The average Bonchev–Trinajstić information content (AvgIpc) is 2.39. The van der Waals surface area contributed by atoms with Gasteiger partial charge in [0.15, 0.2) is 0 Å². The standard InChI is InChI=1S/C13H30N3O5P/c1-6-20-11-12(15-13(17)14-2)7-10-22(18,19)21-9-8-16(3,4)5/h12H,6-11H2,1-5H3,(H2-,14,15,17,18,19)/t12-/m1/s1. The number of amides is 2. The number of nitrogens with one attached hydrogen (secondary N) is 2. The normalized spacial score (nSPS) is 15.9. The van der Waals surface area contributed by atoms with Gasteiger partial charge in [0.25, 0.3) is 0 Å². The SMILES string of the molecule is CCOC[C@@H](CCP(=O)([O-])OCC[N+](C)(C)C)NC(=O)NC. The lowest BCUT2D eigenvalue weighted by Crippen LogP contribution is -2.43. The summed E-state index contributed by atoms with van der Waals surface area (Å²) in [5, 5.41) is 5.09. The van der Waals surface area contributed by atoms with Crippen LogP contribution in [0.1, 0.15) is 13.3 Å². The monoisotopic (exact) mass is 339 g/mol. The van der Waals surface area contributed by atoms with E-state index in [1.54, 1.807) is 0 Å². The fourth-order valence-corrected chi connectivity index (χ4v) is 2.66. The number of hydrogen-bond acceptors (Lipinski definition) is 5. The highest BCUT2D eigenvalue weighted by molar-refractivity contribution is 7.51. The largest absolute Gasteiger partial charge is 0.778 e. The van der Waals surface area contributed by atoms with E-state index in [0.717, 1.165) is 0 Å². The number of nitrogens with zero attached hydrogens (tertiary/aromatic N) is 1. The second-order valence-corrected chi connectivity index (χ2v) is 7.98. The topological polar surface area (TPSA) is 99.7 Å². The Balaban J connectivity index is 4.29. The van der Waals surface area contributed by atoms with Crippen molar-refractivity contribution in [3.63, 3.8) is 0 Å². The zero-order valence-electron chi connectivity index (χ0n) is 14.3. The number of likely N-dealkylation sites (N-methyl/N-ethyl adjacent to an activating group) is 1. The summed E-state index contributed by atoms with van der Waals surface area (Å²) in [6.07, 6.45) is 0.116. The molecule has 0 saturated heterocycles. The molecule has 0 aliphatic carbocycles. The van der Waals surface area contributed by atoms with Gasteiger partial charge in [-0.3, -0.25) is 0 Å². The highest BCUT2D eigenvalue weighted by Gasteiger charge is 2.17. The van der Waals surface area contributed by atoms with Crippen molar-refractivity contribution >= 4 is 13.6 Å². The summed E-state index contributed by atoms with van der Waals surface area (Å²) in [5.74, 6) is 0. The fourth-order valence-electron chi connectivity index (χ4n) is 1.55. The van der Waals surface area contributed by atoms with Crippen molar-refractivity contribution in [1.82, 2.24) is 10.6 Å². The third-order valence-electron chi connectivity index (χ3n) is 2.89. The molecular formula is C13H30N3O5P. The Morgan fingerprint density at radius 1 is 1.36 bits per heavy atom. The number of urea groups is 1. The second-order valence-electron chi connectivity index (χ2n) is 6.05. The zero-order chi connectivity index (χ0) is 17.2. The molecule has 0 aromatic heterocycles. The summed E-state index contributed by atoms with van der Waals surface area (Å²) in [5.41, 5.74) is 0. The Labute approximate surface area is 133 Å². The predicted octanol–water partition coefficient (Wildman–Crippen LogP) is -0.0132. The molecule has 2 amide bonds. The molecule has 0 saturated carbocycles. The van der Waals surface area contributed by atoms with Crippen LogP contribution in [0.25, 0.3) is 0 Å². The van der Waals surface area contributed by atoms with Crippen molar-refractivity contribution < 1.29 is 28.0 Å². The minimum atomic E-state index is -3.90. The van der Waals surface area contributed by atoms with E-state index in [1.807, 2.05) is 28.1 Å². The summed E-state index contributed by atoms with van der Waals surface area (Å²) in [6, 6.07) is -0.736. The molecule has 0 heterocycles. The van der Waals surface area contributed by atoms with Crippen molar-refractivity contribution in [3.8, 4) is 0 Å². The Bertz CT molecular complexity index is 373. The van der Waals surface area contributed by atoms with Crippen LogP contribution < -0.4 is 15.5 Å². The Morgan fingerprint density at radius 2 is 2.00 bits per heavy atom. The first kappa shape index (κ1) is 21.3. The molecule has 1 unspecified atom stereocenters. The van der Waals surface area contributed by atoms with E-state index in [9.17, 15) is 14.3 Å². The van der Waals surface area contributed by atoms with E-state index in [4.69, 9.17) is 9.26 Å². The van der Waals surface area contributed by atoms with Gasteiger partial charge in [-0.1, -0.05) is 0 Å². The van der Waals surface area contributed by atoms with E-state index in [2.05, 4.69) is 10.6 Å². The maximum Gasteiger partial charge on any atom is 0.314 e. The number of rotatable bonds is 11. The van der Waals surface area contributed by atoms with Crippen molar-refractivity contribution in [2.75, 3.05) is 60.7 Å². The minimum Gasteiger partial charge on any atom is -0.778 e. The van der Waals surface area contributed by atoms with Gasteiger partial charge in [-0.15, -0.1) is 0 Å². The van der Waals surface area contributed by atoms with E-state index < -0.39 is 7.60 Å². The van der Waals surface area contributed by atoms with Crippen LogP contribution in [0, 0.1) is 0 Å². The Kier molecular flexibility index (Phi) is 9.87. The molecule has 0 fully saturated rings. The first-order valence-corrected chi connectivity index (χ1v) is 9.13. The van der Waals surface area contributed by atoms with Gasteiger partial charge in [0.1, 0.15) is 20.7 Å². The number of hydrogen-bond donors (Lipinski definition) is 2. The van der Waals surface area contributed by atoms with Crippen LogP contribution in [0.2, 0.25) is 0 Å². The number of ether oxygens (including phenoxy) is 1. The van der Waals surface area contributed by atoms with Gasteiger partial charge in [-0.25, -0.2) is 4.79 Å². The molecule has 132 valence electrons. The molecule has 0 aromatic rings. The van der Waals surface area contributed by atoms with Crippen LogP contribution in [0.15, 0.2) is 0 Å². The predicted molar refractivity (Wildman–Crippen MR) is 83.8 cm³/mol. The molecule has 2 N–H and O–H groups in total. The second kappa shape index (κ2) is 10.2. The molecule has 0 spiro atoms. The van der Waals surface area contributed by atoms with Crippen LogP contribution in [0.3, 0.4) is 0 Å². The molecule has 0 bridgehead atoms. The maximum absolute atomic E-state index is 11.9. The summed E-state index contributed by atoms with van der Waals surface area (Å²) in [7, 11) is 3.48. The molecule has 0 aliphatic rings. The summed E-state index contributed by atoms with van der Waals surface area (Å²) in [4.78, 5) is 23.2. The quantitative estimate of drug-likeness (QED) is 0.407. The molecule has 0 aromatic carbocycles. The van der Waals surface area contributed by atoms with Crippen molar-refractivity contribution in [2.45, 2.75) is 19.4 Å². The molecular weight excluding hydrogens is 309 g/mol. The van der Waals surface area contributed by atoms with E-state index in [0.29, 0.717) is 17.6 Å². The number of carbonyl (C=O) groups excluding carboxylic acids is 1. The smallest absolute Gasteiger partial charge is 0.314 e. The van der Waals surface area contributed by atoms with Gasteiger partial charge < -0.3 is 33.8 Å². The lowest BCUT2D eigenvalue weighted by Gasteiger charge is -2.29. The summed E-state index contributed by atoms with van der Waals surface area (Å²) >= 11 is 0. The first-order chi connectivity index (χ1) is 10.1. The Morgan fingerprint density at radius 3 is 2.50 bits per heavy atom. The molecule has 22 heavy (non-hydrogen) atoms. The van der Waals surface area contributed by atoms with Crippen LogP contribution in [-0.4, -0.2) is 77.3 Å². The number of quaternary nitrogens is 1. The van der Waals surface area contributed by atoms with E-state index >= 15 is 0 Å².